The largest absolute Gasteiger partial charge is 0.497 e. The van der Waals surface area contributed by atoms with Gasteiger partial charge in [-0.15, -0.1) is 0 Å². The second kappa shape index (κ2) is 10.4. The molecule has 0 aliphatic carbocycles. The first-order valence-corrected chi connectivity index (χ1v) is 11.9. The van der Waals surface area contributed by atoms with E-state index < -0.39 is 47.0 Å². The third-order valence-electron chi connectivity index (χ3n) is 7.98. The van der Waals surface area contributed by atoms with Crippen molar-refractivity contribution in [3.63, 3.8) is 0 Å². The molecule has 2 rings (SSSR count). The monoisotopic (exact) mass is 478 g/mol. The number of Topliss-reactive ketones (excluding diaryl/α,β-unsaturated/α-hetero) is 2. The number of carbonyl (C=O) groups excluding carboxylic acids is 2. The first-order chi connectivity index (χ1) is 15.5. The van der Waals surface area contributed by atoms with E-state index in [-0.39, 0.29) is 24.4 Å². The van der Waals surface area contributed by atoms with Crippen molar-refractivity contribution in [1.82, 2.24) is 0 Å². The lowest BCUT2D eigenvalue weighted by Crippen LogP contribution is -2.54. The molecular formula is C27H42O7. The van der Waals surface area contributed by atoms with E-state index in [1.54, 1.807) is 34.8 Å². The second-order valence-electron chi connectivity index (χ2n) is 11.2. The van der Waals surface area contributed by atoms with Gasteiger partial charge in [-0.05, 0) is 26.0 Å². The highest BCUT2D eigenvalue weighted by Gasteiger charge is 2.50. The third kappa shape index (κ3) is 5.88. The van der Waals surface area contributed by atoms with Gasteiger partial charge in [-0.2, -0.15) is 0 Å². The third-order valence-corrected chi connectivity index (χ3v) is 7.98. The van der Waals surface area contributed by atoms with Crippen LogP contribution in [0.4, 0.5) is 0 Å². The Kier molecular flexibility index (Phi) is 8.73. The summed E-state index contributed by atoms with van der Waals surface area (Å²) in [5, 5.41) is 21.9. The average molecular weight is 479 g/mol. The van der Waals surface area contributed by atoms with E-state index >= 15 is 0 Å². The number of rotatable bonds is 10. The van der Waals surface area contributed by atoms with Crippen LogP contribution in [0.1, 0.15) is 80.1 Å². The molecule has 0 bridgehead atoms. The van der Waals surface area contributed by atoms with Crippen molar-refractivity contribution in [1.29, 1.82) is 0 Å². The summed E-state index contributed by atoms with van der Waals surface area (Å²) >= 11 is 0. The molecule has 1 aromatic carbocycles. The van der Waals surface area contributed by atoms with Crippen LogP contribution in [0.25, 0.3) is 0 Å². The first kappa shape index (κ1) is 28.4. The lowest BCUT2D eigenvalue weighted by molar-refractivity contribution is -0.308. The maximum Gasteiger partial charge on any atom is 0.184 e. The van der Waals surface area contributed by atoms with Gasteiger partial charge in [-0.1, -0.05) is 53.7 Å². The summed E-state index contributed by atoms with van der Waals surface area (Å²) in [5.74, 6) is 0.490. The molecule has 1 heterocycles. The van der Waals surface area contributed by atoms with Gasteiger partial charge in [0.1, 0.15) is 17.3 Å². The average Bonchev–Trinajstić information content (AvgIpc) is 2.75. The van der Waals surface area contributed by atoms with Crippen LogP contribution in [0.2, 0.25) is 0 Å². The number of hydrogen-bond acceptors (Lipinski definition) is 7. The molecule has 7 heteroatoms. The highest BCUT2D eigenvalue weighted by molar-refractivity contribution is 5.82. The predicted octanol–water partition coefficient (Wildman–Crippen LogP) is 4.24. The molecule has 0 spiro atoms. The van der Waals surface area contributed by atoms with Gasteiger partial charge in [0, 0.05) is 34.7 Å². The van der Waals surface area contributed by atoms with Crippen LogP contribution in [0.3, 0.4) is 0 Å². The smallest absolute Gasteiger partial charge is 0.184 e. The molecule has 1 fully saturated rings. The Morgan fingerprint density at radius 2 is 1.29 bits per heavy atom. The van der Waals surface area contributed by atoms with Crippen molar-refractivity contribution in [2.45, 2.75) is 98.9 Å². The van der Waals surface area contributed by atoms with E-state index in [4.69, 9.17) is 14.2 Å². The molecule has 7 nitrogen and oxygen atoms in total. The fourth-order valence-corrected chi connectivity index (χ4v) is 3.99. The van der Waals surface area contributed by atoms with Crippen LogP contribution in [-0.2, 0) is 19.1 Å². The topological polar surface area (TPSA) is 102 Å². The van der Waals surface area contributed by atoms with Crippen molar-refractivity contribution < 1.29 is 34.0 Å². The number of aliphatic hydroxyl groups excluding tert-OH is 2. The molecule has 0 amide bonds. The fraction of sp³-hybridized carbons (Fsp3) is 0.704. The molecule has 192 valence electrons. The summed E-state index contributed by atoms with van der Waals surface area (Å²) in [6, 6.07) is 7.32. The summed E-state index contributed by atoms with van der Waals surface area (Å²) < 4.78 is 18.0. The number of benzene rings is 1. The maximum atomic E-state index is 12.1. The van der Waals surface area contributed by atoms with E-state index in [1.807, 2.05) is 38.1 Å². The number of methoxy groups -OCH3 is 1. The molecule has 34 heavy (non-hydrogen) atoms. The van der Waals surface area contributed by atoms with E-state index in [2.05, 4.69) is 0 Å². The number of hydrogen-bond donors (Lipinski definition) is 2. The second-order valence-corrected chi connectivity index (χ2v) is 11.2. The Hall–Kier alpha value is -1.80. The Morgan fingerprint density at radius 3 is 1.62 bits per heavy atom. The molecule has 1 saturated heterocycles. The molecule has 1 aliphatic heterocycles. The van der Waals surface area contributed by atoms with E-state index in [0.717, 1.165) is 5.56 Å². The summed E-state index contributed by atoms with van der Waals surface area (Å²) in [6.45, 7) is 13.8. The SMILES string of the molecule is COc1ccc(C2O[C@@H](C[C@H](O)C(C)(C)C(C)=O)C(C)(C)[C@@H](C[C@H](O)C(C)(C)C(C)=O)O2)cc1. The predicted molar refractivity (Wildman–Crippen MR) is 129 cm³/mol. The minimum atomic E-state index is -0.932. The van der Waals surface area contributed by atoms with Crippen molar-refractivity contribution in [3.8, 4) is 5.75 Å². The van der Waals surface area contributed by atoms with Crippen LogP contribution in [0.15, 0.2) is 24.3 Å². The molecular weight excluding hydrogens is 436 g/mol. The molecule has 1 aliphatic rings. The van der Waals surface area contributed by atoms with Crippen molar-refractivity contribution in [2.24, 2.45) is 16.2 Å². The van der Waals surface area contributed by atoms with Gasteiger partial charge >= 0.3 is 0 Å². The van der Waals surface area contributed by atoms with E-state index in [1.165, 1.54) is 13.8 Å². The zero-order valence-electron chi connectivity index (χ0n) is 22.0. The van der Waals surface area contributed by atoms with Gasteiger partial charge in [0.15, 0.2) is 6.29 Å². The highest BCUT2D eigenvalue weighted by atomic mass is 16.7. The van der Waals surface area contributed by atoms with Gasteiger partial charge in [0.25, 0.3) is 0 Å². The highest BCUT2D eigenvalue weighted by Crippen LogP contribution is 2.46. The van der Waals surface area contributed by atoms with Crippen LogP contribution in [-0.4, -0.2) is 53.3 Å². The van der Waals surface area contributed by atoms with Crippen LogP contribution >= 0.6 is 0 Å². The van der Waals surface area contributed by atoms with Crippen molar-refractivity contribution in [2.75, 3.05) is 7.11 Å². The standard InChI is InChI=1S/C27H42O7/c1-16(28)25(3,4)20(30)14-22-27(7,8)23(15-21(31)26(5,6)17(2)29)34-24(33-22)18-10-12-19(32-9)13-11-18/h10-13,20-24,30-31H,14-15H2,1-9H3/t20-,21-,22-,23+,24?/m0/s1. The van der Waals surface area contributed by atoms with Crippen LogP contribution < -0.4 is 4.74 Å². The number of ether oxygens (including phenoxy) is 3. The normalized spacial score (nSPS) is 24.9. The molecule has 0 saturated carbocycles. The van der Waals surface area contributed by atoms with E-state index in [0.29, 0.717) is 5.75 Å². The Balaban J connectivity index is 2.40. The van der Waals surface area contributed by atoms with Crippen LogP contribution in [0, 0.1) is 16.2 Å². The van der Waals surface area contributed by atoms with Crippen LogP contribution in [0.5, 0.6) is 5.75 Å². The molecule has 5 atom stereocenters. The van der Waals surface area contributed by atoms with Crippen molar-refractivity contribution >= 4 is 11.6 Å². The zero-order chi connectivity index (χ0) is 26.1. The quantitative estimate of drug-likeness (QED) is 0.519. The number of carbonyl (C=O) groups is 2. The van der Waals surface area contributed by atoms with Gasteiger partial charge in [0.05, 0.1) is 31.5 Å². The minimum Gasteiger partial charge on any atom is -0.497 e. The molecule has 2 N–H and O–H groups in total. The first-order valence-electron chi connectivity index (χ1n) is 11.9. The van der Waals surface area contributed by atoms with Gasteiger partial charge in [0.2, 0.25) is 0 Å². The van der Waals surface area contributed by atoms with Gasteiger partial charge < -0.3 is 24.4 Å². The molecule has 1 aromatic rings. The Labute approximate surface area is 203 Å². The lowest BCUT2D eigenvalue weighted by atomic mass is 9.70. The Bertz CT molecular complexity index is 810. The molecule has 0 radical (unpaired) electrons. The Morgan fingerprint density at radius 1 is 0.912 bits per heavy atom. The summed E-state index contributed by atoms with van der Waals surface area (Å²) in [6.07, 6.45) is -3.10. The molecule has 1 unspecified atom stereocenters. The maximum absolute atomic E-state index is 12.1. The summed E-state index contributed by atoms with van der Waals surface area (Å²) in [4.78, 5) is 24.3. The molecule has 0 aromatic heterocycles. The van der Waals surface area contributed by atoms with Crippen molar-refractivity contribution in [3.05, 3.63) is 29.8 Å². The lowest BCUT2D eigenvalue weighted by Gasteiger charge is -2.50. The summed E-state index contributed by atoms with van der Waals surface area (Å²) in [5.41, 5.74) is -1.71. The number of ketones is 2. The van der Waals surface area contributed by atoms with Gasteiger partial charge in [-0.3, -0.25) is 9.59 Å². The fourth-order valence-electron chi connectivity index (χ4n) is 3.99. The zero-order valence-corrected chi connectivity index (χ0v) is 22.0. The van der Waals surface area contributed by atoms with E-state index in [9.17, 15) is 19.8 Å². The number of aliphatic hydroxyl groups is 2. The van der Waals surface area contributed by atoms with Gasteiger partial charge in [-0.25, -0.2) is 0 Å². The minimum absolute atomic E-state index is 0.105. The summed E-state index contributed by atoms with van der Waals surface area (Å²) in [7, 11) is 1.59.